The van der Waals surface area contributed by atoms with E-state index in [-0.39, 0.29) is 6.17 Å². The maximum Gasteiger partial charge on any atom is 0.103 e. The van der Waals surface area contributed by atoms with Crippen molar-refractivity contribution in [2.24, 2.45) is 5.73 Å². The Bertz CT molecular complexity index is 317. The van der Waals surface area contributed by atoms with Crippen LogP contribution in [0.15, 0.2) is 30.5 Å². The topological polar surface area (TPSA) is 29.3 Å². The lowest BCUT2D eigenvalue weighted by Crippen LogP contribution is -2.29. The van der Waals surface area contributed by atoms with Crippen molar-refractivity contribution >= 4 is 6.08 Å². The van der Waals surface area contributed by atoms with Gasteiger partial charge in [-0.2, -0.15) is 0 Å². The van der Waals surface area contributed by atoms with Crippen LogP contribution in [-0.4, -0.2) is 11.9 Å². The third-order valence-corrected chi connectivity index (χ3v) is 2.24. The monoisotopic (exact) mass is 160 g/mol. The summed E-state index contributed by atoms with van der Waals surface area (Å²) in [5.41, 5.74) is 8.39. The van der Waals surface area contributed by atoms with Gasteiger partial charge in [-0.15, -0.1) is 0 Å². The van der Waals surface area contributed by atoms with Crippen molar-refractivity contribution in [3.63, 3.8) is 0 Å². The van der Waals surface area contributed by atoms with Gasteiger partial charge in [-0.1, -0.05) is 24.3 Å². The van der Waals surface area contributed by atoms with E-state index in [0.717, 1.165) is 0 Å². The zero-order valence-electron chi connectivity index (χ0n) is 7.07. The van der Waals surface area contributed by atoms with Crippen molar-refractivity contribution in [3.05, 3.63) is 41.6 Å². The summed E-state index contributed by atoms with van der Waals surface area (Å²) >= 11 is 0. The van der Waals surface area contributed by atoms with Gasteiger partial charge in [-0.3, -0.25) is 0 Å². The van der Waals surface area contributed by atoms with Crippen molar-refractivity contribution in [1.82, 2.24) is 4.90 Å². The molecule has 1 atom stereocenters. The Morgan fingerprint density at radius 1 is 1.33 bits per heavy atom. The smallest absolute Gasteiger partial charge is 0.103 e. The predicted octanol–water partition coefficient (Wildman–Crippen LogP) is 1.56. The molecule has 1 aromatic carbocycles. The highest BCUT2D eigenvalue weighted by atomic mass is 15.2. The van der Waals surface area contributed by atoms with Crippen LogP contribution in [0.1, 0.15) is 17.3 Å². The average Bonchev–Trinajstić information content (AvgIpc) is 2.12. The van der Waals surface area contributed by atoms with Gasteiger partial charge >= 0.3 is 0 Å². The van der Waals surface area contributed by atoms with E-state index >= 15 is 0 Å². The highest BCUT2D eigenvalue weighted by molar-refractivity contribution is 5.56. The first kappa shape index (κ1) is 7.37. The zero-order valence-corrected chi connectivity index (χ0v) is 7.07. The van der Waals surface area contributed by atoms with Gasteiger partial charge < -0.3 is 10.6 Å². The minimum Gasteiger partial charge on any atom is -0.361 e. The third kappa shape index (κ3) is 1.01. The maximum atomic E-state index is 5.96. The third-order valence-electron chi connectivity index (χ3n) is 2.24. The second kappa shape index (κ2) is 2.64. The fraction of sp³-hybridized carbons (Fsp3) is 0.200. The first-order chi connectivity index (χ1) is 5.79. The van der Waals surface area contributed by atoms with Gasteiger partial charge in [0.1, 0.15) is 6.17 Å². The summed E-state index contributed by atoms with van der Waals surface area (Å²) in [5.74, 6) is 0. The van der Waals surface area contributed by atoms with E-state index in [4.69, 9.17) is 5.73 Å². The highest BCUT2D eigenvalue weighted by Crippen LogP contribution is 2.24. The highest BCUT2D eigenvalue weighted by Gasteiger charge is 2.14. The minimum atomic E-state index is 0.00574. The molecule has 0 amide bonds. The molecule has 2 N–H and O–H groups in total. The Hall–Kier alpha value is -1.28. The molecule has 0 spiro atoms. The normalized spacial score (nSPS) is 20.8. The van der Waals surface area contributed by atoms with E-state index in [0.29, 0.717) is 0 Å². The van der Waals surface area contributed by atoms with E-state index in [1.807, 2.05) is 30.3 Å². The fourth-order valence-electron chi connectivity index (χ4n) is 1.44. The summed E-state index contributed by atoms with van der Waals surface area (Å²) in [6, 6.07) is 8.20. The second-order valence-electron chi connectivity index (χ2n) is 3.05. The van der Waals surface area contributed by atoms with Crippen LogP contribution in [0.2, 0.25) is 0 Å². The lowest BCUT2D eigenvalue weighted by Gasteiger charge is -2.28. The van der Waals surface area contributed by atoms with Crippen molar-refractivity contribution in [1.29, 1.82) is 0 Å². The summed E-state index contributed by atoms with van der Waals surface area (Å²) in [4.78, 5) is 2.00. The average molecular weight is 160 g/mol. The lowest BCUT2D eigenvalue weighted by molar-refractivity contribution is 0.342. The molecule has 1 aromatic rings. The van der Waals surface area contributed by atoms with Crippen molar-refractivity contribution < 1.29 is 0 Å². The van der Waals surface area contributed by atoms with E-state index in [1.54, 1.807) is 0 Å². The van der Waals surface area contributed by atoms with E-state index < -0.39 is 0 Å². The Labute approximate surface area is 72.3 Å². The molecule has 2 heteroatoms. The molecule has 1 aliphatic heterocycles. The van der Waals surface area contributed by atoms with Crippen LogP contribution >= 0.6 is 0 Å². The van der Waals surface area contributed by atoms with Gasteiger partial charge in [0.2, 0.25) is 0 Å². The molecule has 0 saturated carbocycles. The summed E-state index contributed by atoms with van der Waals surface area (Å²) in [6.45, 7) is 0. The summed E-state index contributed by atoms with van der Waals surface area (Å²) in [6.07, 6.45) is 4.09. The second-order valence-corrected chi connectivity index (χ2v) is 3.05. The van der Waals surface area contributed by atoms with Crippen LogP contribution in [0.5, 0.6) is 0 Å². The minimum absolute atomic E-state index is 0.00574. The first-order valence-electron chi connectivity index (χ1n) is 4.03. The SMILES string of the molecule is CN1C=Cc2ccccc2C1N. The summed E-state index contributed by atoms with van der Waals surface area (Å²) in [5, 5.41) is 0. The summed E-state index contributed by atoms with van der Waals surface area (Å²) < 4.78 is 0. The number of rotatable bonds is 0. The molecule has 1 heterocycles. The van der Waals surface area contributed by atoms with Crippen LogP contribution < -0.4 is 5.73 Å². The molecule has 2 rings (SSSR count). The molecular weight excluding hydrogens is 148 g/mol. The molecule has 0 fully saturated rings. The molecule has 1 aliphatic rings. The zero-order chi connectivity index (χ0) is 8.55. The molecule has 0 aromatic heterocycles. The standard InChI is InChI=1S/C10H12N2/c1-12-7-6-8-4-2-3-5-9(8)10(12)11/h2-7,10H,11H2,1H3. The van der Waals surface area contributed by atoms with Gasteiger partial charge in [0.05, 0.1) is 0 Å². The van der Waals surface area contributed by atoms with Crippen LogP contribution in [-0.2, 0) is 0 Å². The molecule has 0 aliphatic carbocycles. The van der Waals surface area contributed by atoms with Gasteiger partial charge in [-0.25, -0.2) is 0 Å². The molecule has 0 bridgehead atoms. The summed E-state index contributed by atoms with van der Waals surface area (Å²) in [7, 11) is 1.98. The number of fused-ring (bicyclic) bond motifs is 1. The van der Waals surface area contributed by atoms with Crippen LogP contribution in [0.4, 0.5) is 0 Å². The van der Waals surface area contributed by atoms with Crippen LogP contribution in [0, 0.1) is 0 Å². The van der Waals surface area contributed by atoms with Gasteiger partial charge in [0, 0.05) is 13.2 Å². The molecule has 0 radical (unpaired) electrons. The lowest BCUT2D eigenvalue weighted by atomic mass is 10.0. The number of nitrogens with zero attached hydrogens (tertiary/aromatic N) is 1. The quantitative estimate of drug-likeness (QED) is 0.624. The van der Waals surface area contributed by atoms with E-state index in [9.17, 15) is 0 Å². The largest absolute Gasteiger partial charge is 0.361 e. The number of benzene rings is 1. The van der Waals surface area contributed by atoms with Crippen molar-refractivity contribution in [2.75, 3.05) is 7.05 Å². The Balaban J connectivity index is 2.52. The fourth-order valence-corrected chi connectivity index (χ4v) is 1.44. The Morgan fingerprint density at radius 2 is 2.08 bits per heavy atom. The molecule has 0 saturated heterocycles. The first-order valence-corrected chi connectivity index (χ1v) is 4.03. The number of hydrogen-bond donors (Lipinski definition) is 1. The molecule has 1 unspecified atom stereocenters. The van der Waals surface area contributed by atoms with Crippen molar-refractivity contribution in [2.45, 2.75) is 6.17 Å². The molecule has 2 nitrogen and oxygen atoms in total. The van der Waals surface area contributed by atoms with Crippen LogP contribution in [0.25, 0.3) is 6.08 Å². The predicted molar refractivity (Wildman–Crippen MR) is 50.2 cm³/mol. The van der Waals surface area contributed by atoms with Gasteiger partial charge in [0.15, 0.2) is 0 Å². The molecular formula is C10H12N2. The van der Waals surface area contributed by atoms with Gasteiger partial charge in [-0.05, 0) is 17.2 Å². The molecule has 62 valence electrons. The number of nitrogens with two attached hydrogens (primary N) is 1. The number of hydrogen-bond acceptors (Lipinski definition) is 2. The molecule has 12 heavy (non-hydrogen) atoms. The maximum absolute atomic E-state index is 5.96. The van der Waals surface area contributed by atoms with E-state index in [2.05, 4.69) is 18.2 Å². The Morgan fingerprint density at radius 3 is 2.92 bits per heavy atom. The van der Waals surface area contributed by atoms with Gasteiger partial charge in [0.25, 0.3) is 0 Å². The Kier molecular flexibility index (Phi) is 1.62. The van der Waals surface area contributed by atoms with Crippen molar-refractivity contribution in [3.8, 4) is 0 Å². The van der Waals surface area contributed by atoms with E-state index in [1.165, 1.54) is 11.1 Å². The van der Waals surface area contributed by atoms with Crippen LogP contribution in [0.3, 0.4) is 0 Å².